The van der Waals surface area contributed by atoms with E-state index in [0.717, 1.165) is 10.9 Å². The normalized spacial score (nSPS) is 19.1. The third-order valence-electron chi connectivity index (χ3n) is 5.33. The fraction of sp³-hybridized carbons (Fsp3) is 0.333. The van der Waals surface area contributed by atoms with Gasteiger partial charge in [0.05, 0.1) is 13.2 Å². The van der Waals surface area contributed by atoms with E-state index in [9.17, 15) is 8.78 Å². The van der Waals surface area contributed by atoms with E-state index in [1.54, 1.807) is 18.2 Å². The number of ether oxygens (including phenoxy) is 3. The minimum absolute atomic E-state index is 0.0794. The first-order valence-electron chi connectivity index (χ1n) is 10.2. The molecule has 0 bridgehead atoms. The van der Waals surface area contributed by atoms with Crippen LogP contribution in [-0.2, 0) is 27.1 Å². The number of halogens is 4. The topological polar surface area (TPSA) is 27.7 Å². The molecule has 1 fully saturated rings. The maximum atomic E-state index is 15.1. The Morgan fingerprint density at radius 3 is 2.35 bits per heavy atom. The van der Waals surface area contributed by atoms with E-state index in [2.05, 4.69) is 0 Å². The highest BCUT2D eigenvalue weighted by Crippen LogP contribution is 2.30. The first-order valence-corrected chi connectivity index (χ1v) is 10.5. The molecule has 0 unspecified atom stereocenters. The zero-order valence-corrected chi connectivity index (χ0v) is 17.7. The average molecular weight is 451 g/mol. The Hall–Kier alpha value is -2.12. The minimum atomic E-state index is -0.817. The van der Waals surface area contributed by atoms with Crippen LogP contribution in [0.4, 0.5) is 13.2 Å². The number of rotatable bonds is 6. The van der Waals surface area contributed by atoms with Crippen molar-refractivity contribution in [3.05, 3.63) is 81.6 Å². The lowest BCUT2D eigenvalue weighted by atomic mass is 9.99. The monoisotopic (exact) mass is 450 g/mol. The van der Waals surface area contributed by atoms with E-state index in [1.807, 2.05) is 19.1 Å². The van der Waals surface area contributed by atoms with Crippen LogP contribution in [0, 0.1) is 17.5 Å². The zero-order chi connectivity index (χ0) is 22.0. The van der Waals surface area contributed by atoms with Crippen molar-refractivity contribution in [3.8, 4) is 0 Å². The molecule has 0 saturated carbocycles. The highest BCUT2D eigenvalue weighted by Gasteiger charge is 2.24. The van der Waals surface area contributed by atoms with Crippen LogP contribution < -0.4 is 0 Å². The standard InChI is InChI=1S/C24H22ClF3O3/c1-2-29-18-12-30-24(31-13-18)17-7-8-19-16(11-17)6-5-15(23(19)28)4-3-14-9-20(26)22(25)21(27)10-14/h5-11,18,24H,2-4,12-13H2,1H3. The van der Waals surface area contributed by atoms with Gasteiger partial charge in [-0.2, -0.15) is 0 Å². The van der Waals surface area contributed by atoms with Crippen LogP contribution in [0.15, 0.2) is 42.5 Å². The van der Waals surface area contributed by atoms with Crippen LogP contribution >= 0.6 is 11.6 Å². The number of benzene rings is 3. The number of hydrogen-bond acceptors (Lipinski definition) is 3. The lowest BCUT2D eigenvalue weighted by Crippen LogP contribution is -2.33. The first kappa shape index (κ1) is 22.1. The Morgan fingerprint density at radius 2 is 1.68 bits per heavy atom. The summed E-state index contributed by atoms with van der Waals surface area (Å²) in [6, 6.07) is 11.2. The van der Waals surface area contributed by atoms with Crippen LogP contribution in [-0.4, -0.2) is 25.9 Å². The van der Waals surface area contributed by atoms with Gasteiger partial charge in [0.15, 0.2) is 6.29 Å². The summed E-state index contributed by atoms with van der Waals surface area (Å²) in [7, 11) is 0. The number of fused-ring (bicyclic) bond motifs is 1. The zero-order valence-electron chi connectivity index (χ0n) is 17.0. The fourth-order valence-electron chi connectivity index (χ4n) is 3.74. The first-order chi connectivity index (χ1) is 15.0. The van der Waals surface area contributed by atoms with Crippen LogP contribution in [0.3, 0.4) is 0 Å². The Kier molecular flexibility index (Phi) is 6.82. The van der Waals surface area contributed by atoms with Crippen LogP contribution in [0.25, 0.3) is 10.8 Å². The molecule has 0 N–H and O–H groups in total. The second kappa shape index (κ2) is 9.57. The van der Waals surface area contributed by atoms with E-state index >= 15 is 4.39 Å². The van der Waals surface area contributed by atoms with E-state index in [0.29, 0.717) is 42.8 Å². The third-order valence-corrected chi connectivity index (χ3v) is 5.69. The second-order valence-electron chi connectivity index (χ2n) is 7.47. The molecule has 31 heavy (non-hydrogen) atoms. The molecule has 3 aromatic carbocycles. The average Bonchev–Trinajstić information content (AvgIpc) is 2.77. The molecule has 0 radical (unpaired) electrons. The molecule has 1 heterocycles. The SMILES string of the molecule is CCOC1COC(c2ccc3c(F)c(CCc4cc(F)c(Cl)c(F)c4)ccc3c2)OC1. The van der Waals surface area contributed by atoms with Gasteiger partial charge in [-0.1, -0.05) is 35.9 Å². The Morgan fingerprint density at radius 1 is 0.968 bits per heavy atom. The molecule has 1 aliphatic heterocycles. The molecule has 1 saturated heterocycles. The van der Waals surface area contributed by atoms with E-state index in [-0.39, 0.29) is 18.3 Å². The fourth-order valence-corrected chi connectivity index (χ4v) is 3.85. The van der Waals surface area contributed by atoms with Crippen molar-refractivity contribution in [1.82, 2.24) is 0 Å². The number of aryl methyl sites for hydroxylation is 2. The molecule has 3 aromatic rings. The lowest BCUT2D eigenvalue weighted by molar-refractivity contribution is -0.229. The Balaban J connectivity index is 1.49. The van der Waals surface area contributed by atoms with Crippen molar-refractivity contribution in [1.29, 1.82) is 0 Å². The summed E-state index contributed by atoms with van der Waals surface area (Å²) in [5.41, 5.74) is 1.70. The summed E-state index contributed by atoms with van der Waals surface area (Å²) in [5, 5.41) is 0.662. The lowest BCUT2D eigenvalue weighted by Gasteiger charge is -2.29. The van der Waals surface area contributed by atoms with E-state index < -0.39 is 22.9 Å². The molecule has 4 rings (SSSR count). The smallest absolute Gasteiger partial charge is 0.184 e. The van der Waals surface area contributed by atoms with E-state index in [4.69, 9.17) is 25.8 Å². The summed E-state index contributed by atoms with van der Waals surface area (Å²) in [6.45, 7) is 3.40. The molecular weight excluding hydrogens is 429 g/mol. The van der Waals surface area contributed by atoms with Crippen molar-refractivity contribution in [2.75, 3.05) is 19.8 Å². The summed E-state index contributed by atoms with van der Waals surface area (Å²) in [6.07, 6.45) is -0.00335. The van der Waals surface area contributed by atoms with Gasteiger partial charge in [0.25, 0.3) is 0 Å². The molecule has 7 heteroatoms. The molecule has 164 valence electrons. The van der Waals surface area contributed by atoms with Gasteiger partial charge >= 0.3 is 0 Å². The second-order valence-corrected chi connectivity index (χ2v) is 7.85. The quantitative estimate of drug-likeness (QED) is 0.422. The van der Waals surface area contributed by atoms with Crippen molar-refractivity contribution >= 4 is 22.4 Å². The van der Waals surface area contributed by atoms with Gasteiger partial charge in [-0.25, -0.2) is 13.2 Å². The van der Waals surface area contributed by atoms with Gasteiger partial charge in [0.1, 0.15) is 28.6 Å². The highest BCUT2D eigenvalue weighted by atomic mass is 35.5. The summed E-state index contributed by atoms with van der Waals surface area (Å²) in [4.78, 5) is 0. The molecule has 0 aliphatic carbocycles. The largest absolute Gasteiger partial charge is 0.374 e. The predicted octanol–water partition coefficient (Wildman–Crippen LogP) is 6.15. The molecule has 0 amide bonds. The van der Waals surface area contributed by atoms with Crippen LogP contribution in [0.2, 0.25) is 5.02 Å². The summed E-state index contributed by atoms with van der Waals surface area (Å²) in [5.74, 6) is -1.98. The molecule has 3 nitrogen and oxygen atoms in total. The van der Waals surface area contributed by atoms with Crippen molar-refractivity contribution < 1.29 is 27.4 Å². The van der Waals surface area contributed by atoms with Crippen molar-refractivity contribution in [2.24, 2.45) is 0 Å². The predicted molar refractivity (Wildman–Crippen MR) is 113 cm³/mol. The van der Waals surface area contributed by atoms with Crippen LogP contribution in [0.5, 0.6) is 0 Å². The maximum absolute atomic E-state index is 15.1. The minimum Gasteiger partial charge on any atom is -0.374 e. The Labute approximate surface area is 183 Å². The van der Waals surface area contributed by atoms with E-state index in [1.165, 1.54) is 12.1 Å². The summed E-state index contributed by atoms with van der Waals surface area (Å²) < 4.78 is 59.3. The highest BCUT2D eigenvalue weighted by molar-refractivity contribution is 6.30. The van der Waals surface area contributed by atoms with Gasteiger partial charge in [-0.3, -0.25) is 0 Å². The molecular formula is C24H22ClF3O3. The third kappa shape index (κ3) is 4.88. The van der Waals surface area contributed by atoms with Gasteiger partial charge < -0.3 is 14.2 Å². The molecule has 1 aliphatic rings. The van der Waals surface area contributed by atoms with Crippen LogP contribution in [0.1, 0.15) is 29.9 Å². The summed E-state index contributed by atoms with van der Waals surface area (Å²) >= 11 is 5.51. The molecule has 0 spiro atoms. The molecule has 0 atom stereocenters. The van der Waals surface area contributed by atoms with Gasteiger partial charge in [0, 0.05) is 17.6 Å². The Bertz CT molecular complexity index is 1060. The number of hydrogen-bond donors (Lipinski definition) is 0. The van der Waals surface area contributed by atoms with Gasteiger partial charge in [0.2, 0.25) is 0 Å². The van der Waals surface area contributed by atoms with Crippen molar-refractivity contribution in [3.63, 3.8) is 0 Å². The van der Waals surface area contributed by atoms with Crippen molar-refractivity contribution in [2.45, 2.75) is 32.2 Å². The maximum Gasteiger partial charge on any atom is 0.184 e. The molecule has 0 aromatic heterocycles. The van der Waals surface area contributed by atoms with Gasteiger partial charge in [-0.05, 0) is 54.5 Å². The van der Waals surface area contributed by atoms with Gasteiger partial charge in [-0.15, -0.1) is 0 Å².